The molecule has 1 aliphatic heterocycles. The Morgan fingerprint density at radius 1 is 1.20 bits per heavy atom. The average Bonchev–Trinajstić information content (AvgIpc) is 3.03. The Labute approximate surface area is 147 Å². The second-order valence-electron chi connectivity index (χ2n) is 6.50. The highest BCUT2D eigenvalue weighted by molar-refractivity contribution is 5.99. The van der Waals surface area contributed by atoms with Crippen molar-refractivity contribution in [1.29, 1.82) is 0 Å². The van der Waals surface area contributed by atoms with Crippen LogP contribution < -0.4 is 10.6 Å². The van der Waals surface area contributed by atoms with Crippen LogP contribution in [0, 0.1) is 0 Å². The highest BCUT2D eigenvalue weighted by atomic mass is 16.7. The van der Waals surface area contributed by atoms with Crippen LogP contribution in [0.4, 0.5) is 5.69 Å². The summed E-state index contributed by atoms with van der Waals surface area (Å²) in [6.07, 6.45) is 6.47. The van der Waals surface area contributed by atoms with Gasteiger partial charge in [-0.25, -0.2) is 0 Å². The van der Waals surface area contributed by atoms with Gasteiger partial charge in [-0.2, -0.15) is 0 Å². The lowest BCUT2D eigenvalue weighted by atomic mass is 9.94. The van der Waals surface area contributed by atoms with E-state index in [2.05, 4.69) is 17.2 Å². The number of benzene rings is 1. The molecule has 1 spiro atoms. The van der Waals surface area contributed by atoms with E-state index >= 15 is 0 Å². The van der Waals surface area contributed by atoms with Crippen LogP contribution in [0.15, 0.2) is 36.9 Å². The molecule has 0 aromatic heterocycles. The van der Waals surface area contributed by atoms with Crippen LogP contribution in [-0.2, 0) is 14.3 Å². The zero-order chi connectivity index (χ0) is 17.7. The maximum absolute atomic E-state index is 12.2. The van der Waals surface area contributed by atoms with Gasteiger partial charge in [-0.1, -0.05) is 13.0 Å². The summed E-state index contributed by atoms with van der Waals surface area (Å²) < 4.78 is 11.9. The molecule has 0 radical (unpaired) electrons. The van der Waals surface area contributed by atoms with Gasteiger partial charge in [0.2, 0.25) is 5.91 Å². The van der Waals surface area contributed by atoms with Crippen LogP contribution in [0.1, 0.15) is 42.5 Å². The van der Waals surface area contributed by atoms with Gasteiger partial charge in [0.15, 0.2) is 5.79 Å². The van der Waals surface area contributed by atoms with Crippen LogP contribution in [0.2, 0.25) is 0 Å². The molecule has 1 atom stereocenters. The predicted molar refractivity (Wildman–Crippen MR) is 94.2 cm³/mol. The van der Waals surface area contributed by atoms with Crippen molar-refractivity contribution in [2.45, 2.75) is 44.0 Å². The molecule has 25 heavy (non-hydrogen) atoms. The standard InChI is InChI=1S/C19H24N2O4/c1-2-17(22)21-15-8-6-14(7-9-15)18(23)20-12-16-13-24-19(25-16)10-4-3-5-11-19/h2,6-9,16H,1,3-5,10-13H2,(H,20,23)(H,21,22). The predicted octanol–water partition coefficient (Wildman–Crippen LogP) is 2.62. The minimum atomic E-state index is -0.418. The summed E-state index contributed by atoms with van der Waals surface area (Å²) in [6, 6.07) is 6.70. The fourth-order valence-electron chi connectivity index (χ4n) is 3.28. The number of anilines is 1. The molecule has 1 aliphatic carbocycles. The van der Waals surface area contributed by atoms with Crippen molar-refractivity contribution >= 4 is 17.5 Å². The van der Waals surface area contributed by atoms with Crippen LogP contribution in [0.25, 0.3) is 0 Å². The first kappa shape index (κ1) is 17.6. The number of rotatable bonds is 5. The summed E-state index contributed by atoms with van der Waals surface area (Å²) >= 11 is 0. The molecule has 2 N–H and O–H groups in total. The lowest BCUT2D eigenvalue weighted by molar-refractivity contribution is -0.186. The SMILES string of the molecule is C=CC(=O)Nc1ccc(C(=O)NCC2COC3(CCCCC3)O2)cc1. The first-order chi connectivity index (χ1) is 12.1. The lowest BCUT2D eigenvalue weighted by Gasteiger charge is -2.31. The smallest absolute Gasteiger partial charge is 0.251 e. The van der Waals surface area contributed by atoms with E-state index in [4.69, 9.17) is 9.47 Å². The molecule has 1 aromatic rings. The monoisotopic (exact) mass is 344 g/mol. The third-order valence-corrected chi connectivity index (χ3v) is 4.62. The molecule has 0 bridgehead atoms. The Morgan fingerprint density at radius 3 is 2.60 bits per heavy atom. The molecule has 2 aliphatic rings. The Bertz CT molecular complexity index is 635. The largest absolute Gasteiger partial charge is 0.349 e. The van der Waals surface area contributed by atoms with Crippen molar-refractivity contribution in [3.63, 3.8) is 0 Å². The summed E-state index contributed by atoms with van der Waals surface area (Å²) in [5.41, 5.74) is 1.15. The van der Waals surface area contributed by atoms with Crippen LogP contribution >= 0.6 is 0 Å². The van der Waals surface area contributed by atoms with Crippen LogP contribution in [-0.4, -0.2) is 36.9 Å². The summed E-state index contributed by atoms with van der Waals surface area (Å²) in [5, 5.41) is 5.53. The van der Waals surface area contributed by atoms with Crippen molar-refractivity contribution in [3.8, 4) is 0 Å². The van der Waals surface area contributed by atoms with Crippen molar-refractivity contribution in [2.24, 2.45) is 0 Å². The molecule has 6 nitrogen and oxygen atoms in total. The maximum atomic E-state index is 12.2. The molecule has 3 rings (SSSR count). The fraction of sp³-hybridized carbons (Fsp3) is 0.474. The number of ether oxygens (including phenoxy) is 2. The molecule has 1 saturated carbocycles. The summed E-state index contributed by atoms with van der Waals surface area (Å²) in [5.74, 6) is -0.874. The number of carbonyl (C=O) groups excluding carboxylic acids is 2. The Balaban J connectivity index is 1.48. The van der Waals surface area contributed by atoms with Gasteiger partial charge in [-0.15, -0.1) is 0 Å². The van der Waals surface area contributed by atoms with Gasteiger partial charge in [0, 0.05) is 30.6 Å². The Hall–Kier alpha value is -2.18. The minimum Gasteiger partial charge on any atom is -0.349 e. The zero-order valence-corrected chi connectivity index (χ0v) is 14.3. The maximum Gasteiger partial charge on any atom is 0.251 e. The molecule has 2 fully saturated rings. The number of hydrogen-bond donors (Lipinski definition) is 2. The lowest BCUT2D eigenvalue weighted by Crippen LogP contribution is -2.37. The number of hydrogen-bond acceptors (Lipinski definition) is 4. The molecular weight excluding hydrogens is 320 g/mol. The van der Waals surface area contributed by atoms with Crippen LogP contribution in [0.3, 0.4) is 0 Å². The summed E-state index contributed by atoms with van der Waals surface area (Å²) in [6.45, 7) is 4.34. The minimum absolute atomic E-state index is 0.104. The van der Waals surface area contributed by atoms with E-state index in [1.165, 1.54) is 12.5 Å². The van der Waals surface area contributed by atoms with Gasteiger partial charge in [-0.05, 0) is 43.2 Å². The van der Waals surface area contributed by atoms with Crippen molar-refractivity contribution in [1.82, 2.24) is 5.32 Å². The third kappa shape index (κ3) is 4.46. The van der Waals surface area contributed by atoms with Crippen molar-refractivity contribution in [3.05, 3.63) is 42.5 Å². The van der Waals surface area contributed by atoms with E-state index in [-0.39, 0.29) is 17.9 Å². The number of nitrogens with one attached hydrogen (secondary N) is 2. The Morgan fingerprint density at radius 2 is 1.92 bits per heavy atom. The molecule has 1 unspecified atom stereocenters. The third-order valence-electron chi connectivity index (χ3n) is 4.62. The van der Waals surface area contributed by atoms with Gasteiger partial charge in [0.1, 0.15) is 6.10 Å². The topological polar surface area (TPSA) is 76.7 Å². The first-order valence-electron chi connectivity index (χ1n) is 8.74. The van der Waals surface area contributed by atoms with E-state index in [9.17, 15) is 9.59 Å². The zero-order valence-electron chi connectivity index (χ0n) is 14.3. The molecular formula is C19H24N2O4. The van der Waals surface area contributed by atoms with Crippen LogP contribution in [0.5, 0.6) is 0 Å². The molecule has 1 heterocycles. The first-order valence-corrected chi connectivity index (χ1v) is 8.74. The molecule has 1 aromatic carbocycles. The molecule has 2 amide bonds. The number of carbonyl (C=O) groups is 2. The summed E-state index contributed by atoms with van der Waals surface area (Å²) in [7, 11) is 0. The van der Waals surface area contributed by atoms with E-state index in [1.807, 2.05) is 0 Å². The van der Waals surface area contributed by atoms with E-state index in [0.29, 0.717) is 24.4 Å². The second kappa shape index (κ2) is 7.80. The van der Waals surface area contributed by atoms with Gasteiger partial charge < -0.3 is 20.1 Å². The normalized spacial score (nSPS) is 21.7. The highest BCUT2D eigenvalue weighted by Gasteiger charge is 2.42. The molecule has 6 heteroatoms. The molecule has 1 saturated heterocycles. The highest BCUT2D eigenvalue weighted by Crippen LogP contribution is 2.37. The second-order valence-corrected chi connectivity index (χ2v) is 6.50. The van der Waals surface area contributed by atoms with E-state index < -0.39 is 5.79 Å². The quantitative estimate of drug-likeness (QED) is 0.805. The van der Waals surface area contributed by atoms with E-state index in [0.717, 1.165) is 25.7 Å². The van der Waals surface area contributed by atoms with Crippen molar-refractivity contribution < 1.29 is 19.1 Å². The average molecular weight is 344 g/mol. The number of amides is 2. The van der Waals surface area contributed by atoms with Gasteiger partial charge in [0.25, 0.3) is 5.91 Å². The Kier molecular flexibility index (Phi) is 5.50. The molecule has 134 valence electrons. The van der Waals surface area contributed by atoms with E-state index in [1.54, 1.807) is 24.3 Å². The van der Waals surface area contributed by atoms with Gasteiger partial charge in [0.05, 0.1) is 6.61 Å². The van der Waals surface area contributed by atoms with Crippen molar-refractivity contribution in [2.75, 3.05) is 18.5 Å². The fourth-order valence-corrected chi connectivity index (χ4v) is 3.28. The van der Waals surface area contributed by atoms with Gasteiger partial charge in [-0.3, -0.25) is 9.59 Å². The van der Waals surface area contributed by atoms with Gasteiger partial charge >= 0.3 is 0 Å². The summed E-state index contributed by atoms with van der Waals surface area (Å²) in [4.78, 5) is 23.5.